The number of hydrogen-bond acceptors (Lipinski definition) is 6. The lowest BCUT2D eigenvalue weighted by Gasteiger charge is -2.54. The molecule has 0 radical (unpaired) electrons. The molecule has 0 spiro atoms. The summed E-state index contributed by atoms with van der Waals surface area (Å²) in [6.45, 7) is 2.87. The van der Waals surface area contributed by atoms with Gasteiger partial charge in [-0.15, -0.1) is 0 Å². The van der Waals surface area contributed by atoms with Crippen molar-refractivity contribution in [2.24, 2.45) is 11.5 Å². The van der Waals surface area contributed by atoms with Gasteiger partial charge in [0.25, 0.3) is 0 Å². The molecule has 1 fully saturated rings. The topological polar surface area (TPSA) is 153 Å². The number of hydrogen-bond donors (Lipinski definition) is 3. The van der Waals surface area contributed by atoms with Crippen LogP contribution in [0.3, 0.4) is 0 Å². The van der Waals surface area contributed by atoms with E-state index in [0.717, 1.165) is 4.90 Å². The SMILES string of the molecule is CC1(C)N(C(N)=O)CCC(S(=O)(=O)c2ccc(OCc3ccc(Cl)cc3Cl)cc2)C1(N)C(=O)O. The molecule has 1 heterocycles. The number of likely N-dealkylation sites (tertiary alicyclic amines) is 1. The maximum Gasteiger partial charge on any atom is 0.327 e. The maximum absolute atomic E-state index is 13.5. The predicted molar refractivity (Wildman–Crippen MR) is 128 cm³/mol. The van der Waals surface area contributed by atoms with E-state index >= 15 is 0 Å². The fraction of sp³-hybridized carbons (Fsp3) is 0.364. The third kappa shape index (κ3) is 4.43. The summed E-state index contributed by atoms with van der Waals surface area (Å²) in [4.78, 5) is 25.1. The molecule has 2 atom stereocenters. The van der Waals surface area contributed by atoms with Gasteiger partial charge < -0.3 is 26.2 Å². The zero-order valence-electron chi connectivity index (χ0n) is 18.5. The third-order valence-corrected chi connectivity index (χ3v) is 9.24. The number of carbonyl (C=O) groups excluding carboxylic acids is 1. The number of carbonyl (C=O) groups is 2. The van der Waals surface area contributed by atoms with Crippen molar-refractivity contribution in [2.75, 3.05) is 6.54 Å². The minimum atomic E-state index is -4.21. The number of carboxylic acid groups (broad SMARTS) is 1. The number of aliphatic carboxylic acids is 1. The van der Waals surface area contributed by atoms with E-state index in [1.165, 1.54) is 38.1 Å². The lowest BCUT2D eigenvalue weighted by atomic mass is 9.72. The summed E-state index contributed by atoms with van der Waals surface area (Å²) in [6.07, 6.45) is -0.190. The second-order valence-electron chi connectivity index (χ2n) is 8.54. The van der Waals surface area contributed by atoms with Gasteiger partial charge >= 0.3 is 12.0 Å². The van der Waals surface area contributed by atoms with Crippen molar-refractivity contribution in [1.29, 1.82) is 0 Å². The van der Waals surface area contributed by atoms with Crippen molar-refractivity contribution in [3.8, 4) is 5.75 Å². The van der Waals surface area contributed by atoms with Crippen LogP contribution < -0.4 is 16.2 Å². The summed E-state index contributed by atoms with van der Waals surface area (Å²) in [6, 6.07) is 9.67. The van der Waals surface area contributed by atoms with Crippen LogP contribution in [-0.2, 0) is 21.2 Å². The molecule has 3 rings (SSSR count). The number of nitrogens with zero attached hydrogens (tertiary/aromatic N) is 1. The first kappa shape index (κ1) is 26.1. The van der Waals surface area contributed by atoms with Gasteiger partial charge in [-0.1, -0.05) is 29.3 Å². The van der Waals surface area contributed by atoms with Gasteiger partial charge in [-0.25, -0.2) is 13.2 Å². The van der Waals surface area contributed by atoms with Crippen LogP contribution >= 0.6 is 23.2 Å². The molecule has 1 aliphatic heterocycles. The second kappa shape index (κ2) is 9.26. The van der Waals surface area contributed by atoms with Crippen molar-refractivity contribution in [3.05, 3.63) is 58.1 Å². The Kier molecular flexibility index (Phi) is 7.10. The highest BCUT2D eigenvalue weighted by Crippen LogP contribution is 2.41. The Hall–Kier alpha value is -2.53. The number of piperidine rings is 1. The van der Waals surface area contributed by atoms with E-state index in [9.17, 15) is 23.1 Å². The van der Waals surface area contributed by atoms with Gasteiger partial charge in [0.05, 0.1) is 15.7 Å². The highest BCUT2D eigenvalue weighted by atomic mass is 35.5. The molecule has 2 amide bonds. The Morgan fingerprint density at radius 1 is 1.18 bits per heavy atom. The summed E-state index contributed by atoms with van der Waals surface area (Å²) >= 11 is 12.0. The van der Waals surface area contributed by atoms with E-state index in [0.29, 0.717) is 21.4 Å². The Morgan fingerprint density at radius 3 is 2.32 bits per heavy atom. The van der Waals surface area contributed by atoms with Crippen LogP contribution in [0.1, 0.15) is 25.8 Å². The fourth-order valence-electron chi connectivity index (χ4n) is 4.25. The standard InChI is InChI=1S/C22H25Cl2N3O6S/c1-21(2)22(26,19(28)29)18(9-10-27(21)20(25)30)34(31,32)16-7-5-15(6-8-16)33-12-13-3-4-14(23)11-17(13)24/h3-8,11,18H,9-10,12,26H2,1-2H3,(H2,25,30)(H,28,29). The van der Waals surface area contributed by atoms with Crippen molar-refractivity contribution in [1.82, 2.24) is 4.90 Å². The molecule has 0 aliphatic carbocycles. The molecule has 2 aromatic carbocycles. The summed E-state index contributed by atoms with van der Waals surface area (Å²) < 4.78 is 32.7. The van der Waals surface area contributed by atoms with E-state index in [4.69, 9.17) is 39.4 Å². The van der Waals surface area contributed by atoms with E-state index in [1.807, 2.05) is 0 Å². The second-order valence-corrected chi connectivity index (χ2v) is 11.5. The van der Waals surface area contributed by atoms with Gasteiger partial charge in [0.1, 0.15) is 12.4 Å². The average molecular weight is 530 g/mol. The number of sulfone groups is 1. The Morgan fingerprint density at radius 2 is 1.79 bits per heavy atom. The van der Waals surface area contributed by atoms with E-state index in [2.05, 4.69) is 0 Å². The molecule has 0 saturated carbocycles. The monoisotopic (exact) mass is 529 g/mol. The molecule has 0 aromatic heterocycles. The van der Waals surface area contributed by atoms with Crippen LogP contribution in [0.15, 0.2) is 47.4 Å². The summed E-state index contributed by atoms with van der Waals surface area (Å²) in [7, 11) is -4.21. The van der Waals surface area contributed by atoms with Crippen molar-refractivity contribution < 1.29 is 27.9 Å². The number of nitrogens with two attached hydrogens (primary N) is 2. The first-order chi connectivity index (χ1) is 15.7. The van der Waals surface area contributed by atoms with Crippen LogP contribution in [0, 0.1) is 0 Å². The maximum atomic E-state index is 13.5. The van der Waals surface area contributed by atoms with Crippen molar-refractivity contribution >= 4 is 45.0 Å². The molecule has 5 N–H and O–H groups in total. The highest BCUT2D eigenvalue weighted by molar-refractivity contribution is 7.92. The third-order valence-electron chi connectivity index (χ3n) is 6.37. The van der Waals surface area contributed by atoms with Crippen LogP contribution in [0.5, 0.6) is 5.75 Å². The minimum absolute atomic E-state index is 0.0541. The number of carboxylic acids is 1. The van der Waals surface area contributed by atoms with Gasteiger partial charge in [0, 0.05) is 22.2 Å². The largest absolute Gasteiger partial charge is 0.489 e. The number of primary amides is 1. The van der Waals surface area contributed by atoms with Crippen LogP contribution in [-0.4, -0.2) is 53.3 Å². The van der Waals surface area contributed by atoms with Gasteiger partial charge in [-0.2, -0.15) is 0 Å². The van der Waals surface area contributed by atoms with Gasteiger partial charge in [-0.3, -0.25) is 4.79 Å². The quantitative estimate of drug-likeness (QED) is 0.519. The Labute approximate surface area is 207 Å². The normalized spacial score (nSPS) is 22.3. The smallest absolute Gasteiger partial charge is 0.327 e. The summed E-state index contributed by atoms with van der Waals surface area (Å²) in [5.74, 6) is -1.16. The predicted octanol–water partition coefficient (Wildman–Crippen LogP) is 3.06. The van der Waals surface area contributed by atoms with Crippen LogP contribution in [0.25, 0.3) is 0 Å². The first-order valence-corrected chi connectivity index (χ1v) is 12.5. The number of halogens is 2. The van der Waals surface area contributed by atoms with E-state index in [1.54, 1.807) is 18.2 Å². The van der Waals surface area contributed by atoms with Crippen molar-refractivity contribution in [3.63, 3.8) is 0 Å². The first-order valence-electron chi connectivity index (χ1n) is 10.2. The average Bonchev–Trinajstić information content (AvgIpc) is 2.74. The molecule has 1 aliphatic rings. The van der Waals surface area contributed by atoms with Crippen LogP contribution in [0.2, 0.25) is 10.0 Å². The lowest BCUT2D eigenvalue weighted by Crippen LogP contribution is -2.79. The van der Waals surface area contributed by atoms with E-state index in [-0.39, 0.29) is 24.5 Å². The highest BCUT2D eigenvalue weighted by Gasteiger charge is 2.63. The van der Waals surface area contributed by atoms with Gasteiger partial charge in [0.15, 0.2) is 15.4 Å². The fourth-order valence-corrected chi connectivity index (χ4v) is 6.85. The number of ether oxygens (including phenoxy) is 1. The molecule has 0 bridgehead atoms. The molecule has 9 nitrogen and oxygen atoms in total. The molecular formula is C22H25Cl2N3O6S. The van der Waals surface area contributed by atoms with Crippen LogP contribution in [0.4, 0.5) is 4.79 Å². The molecule has 2 aromatic rings. The molecule has 184 valence electrons. The number of rotatable bonds is 6. The number of amides is 2. The van der Waals surface area contributed by atoms with Crippen molar-refractivity contribution in [2.45, 2.75) is 48.1 Å². The zero-order chi connectivity index (χ0) is 25.5. The molecular weight excluding hydrogens is 505 g/mol. The molecule has 2 unspecified atom stereocenters. The molecule has 12 heteroatoms. The molecule has 1 saturated heterocycles. The van der Waals surface area contributed by atoms with Gasteiger partial charge in [-0.05, 0) is 56.7 Å². The lowest BCUT2D eigenvalue weighted by molar-refractivity contribution is -0.150. The zero-order valence-corrected chi connectivity index (χ0v) is 20.8. The Bertz CT molecular complexity index is 1220. The minimum Gasteiger partial charge on any atom is -0.489 e. The van der Waals surface area contributed by atoms with Gasteiger partial charge in [0.2, 0.25) is 0 Å². The number of urea groups is 1. The van der Waals surface area contributed by atoms with E-state index < -0.39 is 38.2 Å². The number of benzene rings is 2. The summed E-state index contributed by atoms with van der Waals surface area (Å²) in [5, 5.41) is 9.40. The summed E-state index contributed by atoms with van der Waals surface area (Å²) in [5.41, 5.74) is 8.48. The Balaban J connectivity index is 1.87. The molecule has 34 heavy (non-hydrogen) atoms.